The zero-order valence-corrected chi connectivity index (χ0v) is 13.4. The molecule has 3 rings (SSSR count). The molecule has 2 aliphatic rings. The topological polar surface area (TPSA) is 69.7 Å². The van der Waals surface area contributed by atoms with E-state index in [9.17, 15) is 13.2 Å². The first-order valence-corrected chi connectivity index (χ1v) is 8.99. The Balaban J connectivity index is 1.65. The monoisotopic (exact) mass is 324 g/mol. The van der Waals surface area contributed by atoms with E-state index in [2.05, 4.69) is 0 Å². The number of cyclic esters (lactones) is 1. The summed E-state index contributed by atoms with van der Waals surface area (Å²) in [6.45, 7) is 2.38. The summed E-state index contributed by atoms with van der Waals surface area (Å²) in [5.74, 6) is -0.132. The van der Waals surface area contributed by atoms with E-state index in [1.165, 1.54) is 0 Å². The maximum atomic E-state index is 12.3. The second-order valence-electron chi connectivity index (χ2n) is 6.23. The van der Waals surface area contributed by atoms with Gasteiger partial charge < -0.3 is 4.74 Å². The van der Waals surface area contributed by atoms with Crippen LogP contribution in [0.3, 0.4) is 0 Å². The van der Waals surface area contributed by atoms with Crippen molar-refractivity contribution in [3.05, 3.63) is 29.8 Å². The molecule has 0 unspecified atom stereocenters. The van der Waals surface area contributed by atoms with Gasteiger partial charge in [0.15, 0.2) is 0 Å². The van der Waals surface area contributed by atoms with Crippen molar-refractivity contribution in [2.45, 2.75) is 50.0 Å². The Morgan fingerprint density at radius 2 is 1.77 bits per heavy atom. The normalized spacial score (nSPS) is 28.8. The fourth-order valence-corrected chi connectivity index (χ4v) is 4.36. The molecule has 22 heavy (non-hydrogen) atoms. The molecule has 2 fully saturated rings. The number of hydrogen-bond acceptors (Lipinski definition) is 5. The van der Waals surface area contributed by atoms with Gasteiger partial charge >= 0.3 is 5.97 Å². The predicted molar refractivity (Wildman–Crippen MR) is 79.7 cm³/mol. The molecule has 1 saturated carbocycles. The Bertz CT molecular complexity index is 654. The Labute approximate surface area is 130 Å². The number of carbonyl (C=O) groups excluding carboxylic acids is 1. The first-order valence-electron chi connectivity index (χ1n) is 7.59. The third kappa shape index (κ3) is 2.90. The van der Waals surface area contributed by atoms with E-state index in [1.807, 2.05) is 6.92 Å². The summed E-state index contributed by atoms with van der Waals surface area (Å²) in [5, 5.41) is 0. The van der Waals surface area contributed by atoms with Crippen molar-refractivity contribution in [3.63, 3.8) is 0 Å². The van der Waals surface area contributed by atoms with Crippen LogP contribution >= 0.6 is 0 Å². The lowest BCUT2D eigenvalue weighted by atomic mass is 9.72. The van der Waals surface area contributed by atoms with Gasteiger partial charge in [-0.25, -0.2) is 0 Å². The van der Waals surface area contributed by atoms with Crippen LogP contribution in [0.5, 0.6) is 0 Å². The SMILES string of the molecule is Cc1ccc(S(=O)(=O)OC2CCC3(CCOC3=O)CC2)cc1. The minimum absolute atomic E-state index is 0.132. The average molecular weight is 324 g/mol. The molecule has 1 aromatic rings. The minimum Gasteiger partial charge on any atom is -0.465 e. The van der Waals surface area contributed by atoms with Gasteiger partial charge in [-0.1, -0.05) is 17.7 Å². The highest BCUT2D eigenvalue weighted by Crippen LogP contribution is 2.44. The first kappa shape index (κ1) is 15.5. The van der Waals surface area contributed by atoms with Crippen LogP contribution < -0.4 is 0 Å². The number of aryl methyl sites for hydroxylation is 1. The molecular weight excluding hydrogens is 304 g/mol. The summed E-state index contributed by atoms with van der Waals surface area (Å²) < 4.78 is 35.0. The summed E-state index contributed by atoms with van der Waals surface area (Å²) in [6.07, 6.45) is 2.80. The fourth-order valence-electron chi connectivity index (χ4n) is 3.23. The maximum absolute atomic E-state index is 12.3. The van der Waals surface area contributed by atoms with Gasteiger partial charge in [0, 0.05) is 0 Å². The summed E-state index contributed by atoms with van der Waals surface area (Å²) in [4.78, 5) is 12.0. The van der Waals surface area contributed by atoms with Gasteiger partial charge in [-0.05, 0) is 51.2 Å². The van der Waals surface area contributed by atoms with Crippen LogP contribution in [0, 0.1) is 12.3 Å². The molecule has 1 saturated heterocycles. The lowest BCUT2D eigenvalue weighted by Crippen LogP contribution is -2.35. The Morgan fingerprint density at radius 3 is 2.32 bits per heavy atom. The number of rotatable bonds is 3. The van der Waals surface area contributed by atoms with Crippen LogP contribution in [0.2, 0.25) is 0 Å². The van der Waals surface area contributed by atoms with Crippen molar-refractivity contribution in [2.24, 2.45) is 5.41 Å². The van der Waals surface area contributed by atoms with Gasteiger partial charge in [-0.3, -0.25) is 8.98 Å². The van der Waals surface area contributed by atoms with Crippen LogP contribution in [0.1, 0.15) is 37.7 Å². The molecule has 1 aromatic carbocycles. The van der Waals surface area contributed by atoms with Crippen LogP contribution in [0.15, 0.2) is 29.2 Å². The average Bonchev–Trinajstić information content (AvgIpc) is 2.83. The van der Waals surface area contributed by atoms with Crippen molar-refractivity contribution in [3.8, 4) is 0 Å². The van der Waals surface area contributed by atoms with E-state index in [0.29, 0.717) is 32.3 Å². The summed E-state index contributed by atoms with van der Waals surface area (Å²) in [5.41, 5.74) is 0.603. The molecule has 5 nitrogen and oxygen atoms in total. The first-order chi connectivity index (χ1) is 10.4. The lowest BCUT2D eigenvalue weighted by Gasteiger charge is -2.33. The fraction of sp³-hybridized carbons (Fsp3) is 0.562. The zero-order chi connectivity index (χ0) is 15.8. The Hall–Kier alpha value is -1.40. The summed E-state index contributed by atoms with van der Waals surface area (Å²) in [6, 6.07) is 6.62. The van der Waals surface area contributed by atoms with Gasteiger partial charge in [0.05, 0.1) is 23.0 Å². The van der Waals surface area contributed by atoms with E-state index < -0.39 is 15.5 Å². The molecule has 1 aliphatic carbocycles. The molecule has 6 heteroatoms. The molecule has 0 N–H and O–H groups in total. The number of benzene rings is 1. The van der Waals surface area contributed by atoms with E-state index in [0.717, 1.165) is 12.0 Å². The molecule has 0 atom stereocenters. The molecule has 0 amide bonds. The highest BCUT2D eigenvalue weighted by Gasteiger charge is 2.47. The van der Waals surface area contributed by atoms with Gasteiger partial charge in [0.2, 0.25) is 0 Å². The zero-order valence-electron chi connectivity index (χ0n) is 12.6. The molecule has 0 bridgehead atoms. The predicted octanol–water partition coefficient (Wildman–Crippen LogP) is 2.58. The summed E-state index contributed by atoms with van der Waals surface area (Å²) >= 11 is 0. The minimum atomic E-state index is -3.74. The number of ether oxygens (including phenoxy) is 1. The quantitative estimate of drug-likeness (QED) is 0.631. The van der Waals surface area contributed by atoms with E-state index >= 15 is 0 Å². The number of hydrogen-bond donors (Lipinski definition) is 0. The molecule has 0 radical (unpaired) electrons. The third-order valence-electron chi connectivity index (χ3n) is 4.71. The second-order valence-corrected chi connectivity index (χ2v) is 7.80. The Morgan fingerprint density at radius 1 is 1.14 bits per heavy atom. The molecule has 120 valence electrons. The van der Waals surface area contributed by atoms with Crippen LogP contribution in [-0.2, 0) is 23.8 Å². The van der Waals surface area contributed by atoms with Crippen LogP contribution in [0.4, 0.5) is 0 Å². The molecular formula is C16H20O5S. The van der Waals surface area contributed by atoms with Crippen molar-refractivity contribution >= 4 is 16.1 Å². The summed E-state index contributed by atoms with van der Waals surface area (Å²) in [7, 11) is -3.74. The highest BCUT2D eigenvalue weighted by molar-refractivity contribution is 7.86. The highest BCUT2D eigenvalue weighted by atomic mass is 32.2. The molecule has 1 spiro atoms. The van der Waals surface area contributed by atoms with Gasteiger partial charge in [0.1, 0.15) is 0 Å². The molecule has 0 aromatic heterocycles. The van der Waals surface area contributed by atoms with Crippen LogP contribution in [-0.4, -0.2) is 27.1 Å². The van der Waals surface area contributed by atoms with Crippen molar-refractivity contribution < 1.29 is 22.1 Å². The molecule has 1 aliphatic heterocycles. The second kappa shape index (κ2) is 5.66. The van der Waals surface area contributed by atoms with Gasteiger partial charge in [-0.15, -0.1) is 0 Å². The smallest absolute Gasteiger partial charge is 0.312 e. The van der Waals surface area contributed by atoms with Crippen molar-refractivity contribution in [1.82, 2.24) is 0 Å². The van der Waals surface area contributed by atoms with E-state index in [4.69, 9.17) is 8.92 Å². The van der Waals surface area contributed by atoms with Crippen molar-refractivity contribution in [1.29, 1.82) is 0 Å². The van der Waals surface area contributed by atoms with E-state index in [1.54, 1.807) is 24.3 Å². The molecule has 1 heterocycles. The number of carbonyl (C=O) groups is 1. The standard InChI is InChI=1S/C16H20O5S/c1-12-2-4-14(5-3-12)22(18,19)21-13-6-8-16(9-7-13)10-11-20-15(16)17/h2-5,13H,6-11H2,1H3. The van der Waals surface area contributed by atoms with Crippen LogP contribution in [0.25, 0.3) is 0 Å². The largest absolute Gasteiger partial charge is 0.465 e. The van der Waals surface area contributed by atoms with Gasteiger partial charge in [-0.2, -0.15) is 8.42 Å². The van der Waals surface area contributed by atoms with Gasteiger partial charge in [0.25, 0.3) is 10.1 Å². The van der Waals surface area contributed by atoms with Crippen molar-refractivity contribution in [2.75, 3.05) is 6.61 Å². The van der Waals surface area contributed by atoms with E-state index in [-0.39, 0.29) is 17.0 Å². The number of esters is 1. The Kier molecular flexibility index (Phi) is 3.99. The maximum Gasteiger partial charge on any atom is 0.312 e. The lowest BCUT2D eigenvalue weighted by molar-refractivity contribution is -0.148. The third-order valence-corrected chi connectivity index (χ3v) is 6.08.